The highest BCUT2D eigenvalue weighted by molar-refractivity contribution is 5.20. The van der Waals surface area contributed by atoms with Crippen molar-refractivity contribution in [3.05, 3.63) is 35.9 Å². The van der Waals surface area contributed by atoms with Gasteiger partial charge in [0.1, 0.15) is 0 Å². The van der Waals surface area contributed by atoms with Crippen LogP contribution in [0.25, 0.3) is 0 Å². The minimum Gasteiger partial charge on any atom is -0.385 e. The fraction of sp³-hybridized carbons (Fsp3) is 0.667. The number of nitrogens with zero attached hydrogens (tertiary/aromatic N) is 1. The van der Waals surface area contributed by atoms with Crippen LogP contribution >= 0.6 is 0 Å². The Kier molecular flexibility index (Phi) is 7.20. The maximum absolute atomic E-state index is 5.17. The quantitative estimate of drug-likeness (QED) is 0.744. The van der Waals surface area contributed by atoms with Crippen LogP contribution in [0.3, 0.4) is 0 Å². The fourth-order valence-electron chi connectivity index (χ4n) is 3.24. The van der Waals surface area contributed by atoms with E-state index in [0.29, 0.717) is 12.1 Å². The number of hydrogen-bond donors (Lipinski definition) is 1. The molecule has 1 N–H and O–H groups in total. The highest BCUT2D eigenvalue weighted by Gasteiger charge is 2.27. The van der Waals surface area contributed by atoms with E-state index in [0.717, 1.165) is 19.6 Å². The molecule has 0 bridgehead atoms. The molecule has 1 aromatic rings. The molecule has 1 saturated heterocycles. The van der Waals surface area contributed by atoms with Gasteiger partial charge in [0.15, 0.2) is 0 Å². The average molecular weight is 290 g/mol. The highest BCUT2D eigenvalue weighted by Crippen LogP contribution is 2.24. The Morgan fingerprint density at radius 1 is 1.24 bits per heavy atom. The molecule has 118 valence electrons. The third-order valence-electron chi connectivity index (χ3n) is 4.36. The van der Waals surface area contributed by atoms with Gasteiger partial charge in [0.2, 0.25) is 0 Å². The monoisotopic (exact) mass is 290 g/mol. The van der Waals surface area contributed by atoms with Crippen molar-refractivity contribution < 1.29 is 4.74 Å². The van der Waals surface area contributed by atoms with Crippen LogP contribution in [0.15, 0.2) is 30.3 Å². The Hall–Kier alpha value is -0.900. The third-order valence-corrected chi connectivity index (χ3v) is 4.36. The SMILES string of the molecule is CCCC1CN(CCCCOC)C(c2ccccc2)CN1. The molecule has 1 fully saturated rings. The summed E-state index contributed by atoms with van der Waals surface area (Å²) in [6.07, 6.45) is 4.90. The molecule has 3 heteroatoms. The van der Waals surface area contributed by atoms with Gasteiger partial charge in [0.25, 0.3) is 0 Å². The molecular formula is C18H30N2O. The number of rotatable bonds is 8. The van der Waals surface area contributed by atoms with Crippen LogP contribution in [0.4, 0.5) is 0 Å². The summed E-state index contributed by atoms with van der Waals surface area (Å²) < 4.78 is 5.17. The first-order valence-electron chi connectivity index (χ1n) is 8.36. The van der Waals surface area contributed by atoms with Crippen LogP contribution < -0.4 is 5.32 Å². The predicted octanol–water partition coefficient (Wildman–Crippen LogP) is 3.23. The molecule has 2 atom stereocenters. The number of unbranched alkanes of at least 4 members (excludes halogenated alkanes) is 1. The third kappa shape index (κ3) is 5.10. The molecule has 1 aliphatic rings. The second-order valence-electron chi connectivity index (χ2n) is 6.02. The molecule has 0 radical (unpaired) electrons. The average Bonchev–Trinajstić information content (AvgIpc) is 2.53. The smallest absolute Gasteiger partial charge is 0.0473 e. The number of piperazine rings is 1. The van der Waals surface area contributed by atoms with Gasteiger partial charge in [0, 0.05) is 38.9 Å². The molecule has 1 aromatic carbocycles. The Morgan fingerprint density at radius 2 is 2.05 bits per heavy atom. The Labute approximate surface area is 129 Å². The minimum atomic E-state index is 0.516. The lowest BCUT2D eigenvalue weighted by Gasteiger charge is -2.41. The zero-order valence-electron chi connectivity index (χ0n) is 13.6. The van der Waals surface area contributed by atoms with Crippen molar-refractivity contribution in [3.63, 3.8) is 0 Å². The number of nitrogens with one attached hydrogen (secondary N) is 1. The second kappa shape index (κ2) is 9.19. The van der Waals surface area contributed by atoms with Crippen molar-refractivity contribution in [2.45, 2.75) is 44.7 Å². The molecule has 0 amide bonds. The van der Waals surface area contributed by atoms with E-state index in [1.54, 1.807) is 7.11 Å². The number of hydrogen-bond acceptors (Lipinski definition) is 3. The van der Waals surface area contributed by atoms with Crippen molar-refractivity contribution in [1.29, 1.82) is 0 Å². The van der Waals surface area contributed by atoms with Gasteiger partial charge < -0.3 is 10.1 Å². The Bertz CT molecular complexity index is 382. The number of methoxy groups -OCH3 is 1. The standard InChI is InChI=1S/C18H30N2O/c1-3-9-17-15-20(12-7-8-13-21-2)18(14-19-17)16-10-5-4-6-11-16/h4-6,10-11,17-19H,3,7-9,12-15H2,1-2H3. The minimum absolute atomic E-state index is 0.516. The summed E-state index contributed by atoms with van der Waals surface area (Å²) in [6.45, 7) is 6.55. The van der Waals surface area contributed by atoms with Gasteiger partial charge in [-0.15, -0.1) is 0 Å². The highest BCUT2D eigenvalue weighted by atomic mass is 16.5. The lowest BCUT2D eigenvalue weighted by molar-refractivity contribution is 0.118. The molecule has 3 nitrogen and oxygen atoms in total. The molecule has 2 rings (SSSR count). The molecule has 0 aliphatic carbocycles. The summed E-state index contributed by atoms with van der Waals surface area (Å²) in [4.78, 5) is 2.67. The van der Waals surface area contributed by atoms with Crippen LogP contribution in [0.2, 0.25) is 0 Å². The van der Waals surface area contributed by atoms with E-state index in [4.69, 9.17) is 4.74 Å². The largest absolute Gasteiger partial charge is 0.385 e. The summed E-state index contributed by atoms with van der Waals surface area (Å²) in [5.74, 6) is 0. The van der Waals surface area contributed by atoms with Gasteiger partial charge in [0.05, 0.1) is 0 Å². The van der Waals surface area contributed by atoms with Crippen molar-refractivity contribution >= 4 is 0 Å². The van der Waals surface area contributed by atoms with Gasteiger partial charge in [-0.3, -0.25) is 4.90 Å². The summed E-state index contributed by atoms with van der Waals surface area (Å²) in [5.41, 5.74) is 1.44. The van der Waals surface area contributed by atoms with Gasteiger partial charge in [-0.05, 0) is 31.4 Å². The van der Waals surface area contributed by atoms with E-state index in [-0.39, 0.29) is 0 Å². The van der Waals surface area contributed by atoms with E-state index >= 15 is 0 Å². The van der Waals surface area contributed by atoms with Gasteiger partial charge in [-0.1, -0.05) is 43.7 Å². The van der Waals surface area contributed by atoms with E-state index in [2.05, 4.69) is 47.5 Å². The van der Waals surface area contributed by atoms with Crippen molar-refractivity contribution in [1.82, 2.24) is 10.2 Å². The first kappa shape index (κ1) is 16.5. The van der Waals surface area contributed by atoms with E-state index in [1.807, 2.05) is 0 Å². The first-order chi connectivity index (χ1) is 10.3. The Morgan fingerprint density at radius 3 is 2.76 bits per heavy atom. The van der Waals surface area contributed by atoms with Crippen molar-refractivity contribution in [2.75, 3.05) is 33.4 Å². The maximum Gasteiger partial charge on any atom is 0.0473 e. The van der Waals surface area contributed by atoms with Crippen LogP contribution in [0.5, 0.6) is 0 Å². The topological polar surface area (TPSA) is 24.5 Å². The van der Waals surface area contributed by atoms with Crippen molar-refractivity contribution in [3.8, 4) is 0 Å². The lowest BCUT2D eigenvalue weighted by atomic mass is 9.99. The summed E-state index contributed by atoms with van der Waals surface area (Å²) in [7, 11) is 1.79. The summed E-state index contributed by atoms with van der Waals surface area (Å²) in [5, 5.41) is 3.73. The molecular weight excluding hydrogens is 260 g/mol. The normalized spacial score (nSPS) is 23.3. The maximum atomic E-state index is 5.17. The second-order valence-corrected chi connectivity index (χ2v) is 6.02. The van der Waals surface area contributed by atoms with Crippen LogP contribution in [-0.2, 0) is 4.74 Å². The Balaban J connectivity index is 1.96. The summed E-state index contributed by atoms with van der Waals surface area (Å²) >= 11 is 0. The van der Waals surface area contributed by atoms with E-state index < -0.39 is 0 Å². The predicted molar refractivity (Wildman–Crippen MR) is 88.6 cm³/mol. The van der Waals surface area contributed by atoms with Crippen LogP contribution in [0, 0.1) is 0 Å². The van der Waals surface area contributed by atoms with Gasteiger partial charge >= 0.3 is 0 Å². The molecule has 0 saturated carbocycles. The molecule has 0 spiro atoms. The van der Waals surface area contributed by atoms with Crippen LogP contribution in [-0.4, -0.2) is 44.3 Å². The molecule has 1 aliphatic heterocycles. The lowest BCUT2D eigenvalue weighted by Crippen LogP contribution is -2.52. The van der Waals surface area contributed by atoms with E-state index in [9.17, 15) is 0 Å². The molecule has 21 heavy (non-hydrogen) atoms. The van der Waals surface area contributed by atoms with Crippen LogP contribution in [0.1, 0.15) is 44.2 Å². The zero-order valence-corrected chi connectivity index (χ0v) is 13.6. The first-order valence-corrected chi connectivity index (χ1v) is 8.36. The molecule has 0 aromatic heterocycles. The fourth-order valence-corrected chi connectivity index (χ4v) is 3.24. The molecule has 2 unspecified atom stereocenters. The zero-order chi connectivity index (χ0) is 14.9. The van der Waals surface area contributed by atoms with Crippen molar-refractivity contribution in [2.24, 2.45) is 0 Å². The van der Waals surface area contributed by atoms with E-state index in [1.165, 1.54) is 37.9 Å². The summed E-state index contributed by atoms with van der Waals surface area (Å²) in [6, 6.07) is 12.1. The number of benzene rings is 1. The van der Waals surface area contributed by atoms with Gasteiger partial charge in [-0.2, -0.15) is 0 Å². The number of ether oxygens (including phenoxy) is 1. The van der Waals surface area contributed by atoms with Gasteiger partial charge in [-0.25, -0.2) is 0 Å². The molecule has 1 heterocycles.